The molecule has 27 heavy (non-hydrogen) atoms. The van der Waals surface area contributed by atoms with Gasteiger partial charge in [0.25, 0.3) is 5.91 Å². The van der Waals surface area contributed by atoms with Crippen molar-refractivity contribution < 1.29 is 9.18 Å². The van der Waals surface area contributed by atoms with Gasteiger partial charge >= 0.3 is 0 Å². The van der Waals surface area contributed by atoms with Crippen LogP contribution in [0.2, 0.25) is 0 Å². The molecule has 4 aromatic rings. The van der Waals surface area contributed by atoms with Crippen LogP contribution in [0.1, 0.15) is 20.8 Å². The fourth-order valence-electron chi connectivity index (χ4n) is 2.49. The molecule has 0 saturated carbocycles. The molecule has 3 heterocycles. The maximum Gasteiger partial charge on any atom is 0.259 e. The average molecular weight is 379 g/mol. The summed E-state index contributed by atoms with van der Waals surface area (Å²) in [4.78, 5) is 25.8. The zero-order valence-corrected chi connectivity index (χ0v) is 14.9. The molecule has 0 atom stereocenters. The van der Waals surface area contributed by atoms with E-state index in [4.69, 9.17) is 0 Å². The lowest BCUT2D eigenvalue weighted by molar-refractivity contribution is 0.102. The zero-order valence-electron chi connectivity index (χ0n) is 14.0. The molecular formula is C19H14FN5OS. The lowest BCUT2D eigenvalue weighted by atomic mass is 10.1. The Hall–Kier alpha value is -3.39. The first-order chi connectivity index (χ1) is 13.2. The molecule has 8 heteroatoms. The third kappa shape index (κ3) is 4.06. The summed E-state index contributed by atoms with van der Waals surface area (Å²) in [6.07, 6.45) is 8.94. The monoisotopic (exact) mass is 379 g/mol. The van der Waals surface area contributed by atoms with Crippen LogP contribution in [0.25, 0.3) is 5.82 Å². The van der Waals surface area contributed by atoms with Crippen molar-refractivity contribution in [2.45, 2.75) is 6.42 Å². The molecule has 0 fully saturated rings. The molecule has 1 aromatic carbocycles. The van der Waals surface area contributed by atoms with Gasteiger partial charge in [-0.2, -0.15) is 0 Å². The normalized spacial score (nSPS) is 10.7. The molecule has 0 aliphatic heterocycles. The largest absolute Gasteiger partial charge is 0.298 e. The van der Waals surface area contributed by atoms with Gasteiger partial charge in [0.2, 0.25) is 0 Å². The number of anilines is 1. The van der Waals surface area contributed by atoms with Crippen LogP contribution in [-0.4, -0.2) is 25.4 Å². The minimum absolute atomic E-state index is 0.260. The number of imidazole rings is 1. The molecule has 0 radical (unpaired) electrons. The Morgan fingerprint density at radius 1 is 1.11 bits per heavy atom. The third-order valence-corrected chi connectivity index (χ3v) is 4.76. The second kappa shape index (κ2) is 7.46. The number of nitrogens with one attached hydrogen (secondary N) is 1. The summed E-state index contributed by atoms with van der Waals surface area (Å²) in [7, 11) is 0. The molecule has 3 aromatic heterocycles. The molecule has 134 valence electrons. The molecule has 0 spiro atoms. The van der Waals surface area contributed by atoms with Gasteiger partial charge in [0.05, 0.1) is 5.56 Å². The number of pyridine rings is 1. The van der Waals surface area contributed by atoms with Gasteiger partial charge in [-0.1, -0.05) is 12.1 Å². The number of benzene rings is 1. The molecule has 6 nitrogen and oxygen atoms in total. The number of thiazole rings is 1. The fourth-order valence-corrected chi connectivity index (χ4v) is 3.33. The molecule has 1 N–H and O–H groups in total. The first kappa shape index (κ1) is 17.0. The number of carbonyl (C=O) groups is 1. The van der Waals surface area contributed by atoms with Crippen molar-refractivity contribution >= 4 is 22.4 Å². The van der Waals surface area contributed by atoms with Gasteiger partial charge in [0.1, 0.15) is 18.0 Å². The number of nitrogens with zero attached hydrogens (tertiary/aromatic N) is 4. The SMILES string of the molecule is O=C(Nc1ncc(Cc2ccc(F)cc2)s1)c1ccc(-n2ccnc2)nc1. The predicted octanol–water partition coefficient (Wildman–Crippen LogP) is 3.71. The molecule has 4 rings (SSSR count). The van der Waals surface area contributed by atoms with E-state index in [9.17, 15) is 9.18 Å². The number of hydrogen-bond donors (Lipinski definition) is 1. The van der Waals surface area contributed by atoms with E-state index in [1.165, 1.54) is 29.7 Å². The first-order valence-electron chi connectivity index (χ1n) is 8.12. The summed E-state index contributed by atoms with van der Waals surface area (Å²) >= 11 is 1.39. The van der Waals surface area contributed by atoms with Crippen molar-refractivity contribution in [1.82, 2.24) is 19.5 Å². The molecule has 0 unspecified atom stereocenters. The van der Waals surface area contributed by atoms with Crippen LogP contribution in [0.3, 0.4) is 0 Å². The van der Waals surface area contributed by atoms with E-state index in [2.05, 4.69) is 20.3 Å². The Morgan fingerprint density at radius 3 is 2.67 bits per heavy atom. The number of hydrogen-bond acceptors (Lipinski definition) is 5. The predicted molar refractivity (Wildman–Crippen MR) is 101 cm³/mol. The van der Waals surface area contributed by atoms with Crippen LogP contribution >= 0.6 is 11.3 Å². The summed E-state index contributed by atoms with van der Waals surface area (Å²) in [5, 5.41) is 3.29. The Bertz CT molecular complexity index is 1040. The maximum atomic E-state index is 13.0. The lowest BCUT2D eigenvalue weighted by Gasteiger charge is -2.04. The topological polar surface area (TPSA) is 72.7 Å². The first-order valence-corrected chi connectivity index (χ1v) is 8.94. The van der Waals surface area contributed by atoms with E-state index in [1.54, 1.807) is 53.8 Å². The van der Waals surface area contributed by atoms with Crippen molar-refractivity contribution in [2.24, 2.45) is 0 Å². The van der Waals surface area contributed by atoms with Crippen LogP contribution in [0.15, 0.2) is 67.5 Å². The van der Waals surface area contributed by atoms with Crippen molar-refractivity contribution in [1.29, 1.82) is 0 Å². The highest BCUT2D eigenvalue weighted by Crippen LogP contribution is 2.22. The van der Waals surface area contributed by atoms with Gasteiger partial charge in [-0.05, 0) is 29.8 Å². The second-order valence-electron chi connectivity index (χ2n) is 5.76. The van der Waals surface area contributed by atoms with E-state index in [-0.39, 0.29) is 11.7 Å². The van der Waals surface area contributed by atoms with Gasteiger partial charge in [0, 0.05) is 36.1 Å². The smallest absolute Gasteiger partial charge is 0.259 e. The van der Waals surface area contributed by atoms with E-state index in [1.807, 2.05) is 0 Å². The molecule has 0 aliphatic rings. The van der Waals surface area contributed by atoms with Crippen LogP contribution in [-0.2, 0) is 6.42 Å². The fraction of sp³-hybridized carbons (Fsp3) is 0.0526. The summed E-state index contributed by atoms with van der Waals surface area (Å²) < 4.78 is 14.7. The van der Waals surface area contributed by atoms with Crippen molar-refractivity contribution in [3.05, 3.63) is 89.3 Å². The van der Waals surface area contributed by atoms with Crippen LogP contribution in [0, 0.1) is 5.82 Å². The second-order valence-corrected chi connectivity index (χ2v) is 6.88. The van der Waals surface area contributed by atoms with Crippen molar-refractivity contribution in [3.8, 4) is 5.82 Å². The highest BCUT2D eigenvalue weighted by molar-refractivity contribution is 7.15. The maximum absolute atomic E-state index is 13.0. The third-order valence-electron chi connectivity index (χ3n) is 3.84. The van der Waals surface area contributed by atoms with Gasteiger partial charge in [-0.25, -0.2) is 19.3 Å². The van der Waals surface area contributed by atoms with Crippen molar-refractivity contribution in [2.75, 3.05) is 5.32 Å². The summed E-state index contributed by atoms with van der Waals surface area (Å²) in [6, 6.07) is 9.78. The number of rotatable bonds is 5. The van der Waals surface area contributed by atoms with E-state index >= 15 is 0 Å². The summed E-state index contributed by atoms with van der Waals surface area (Å²) in [5.41, 5.74) is 1.42. The highest BCUT2D eigenvalue weighted by atomic mass is 32.1. The summed E-state index contributed by atoms with van der Waals surface area (Å²) in [5.74, 6) is 0.144. The molecule has 0 bridgehead atoms. The quantitative estimate of drug-likeness (QED) is 0.574. The van der Waals surface area contributed by atoms with Gasteiger partial charge in [-0.15, -0.1) is 11.3 Å². The van der Waals surface area contributed by atoms with Gasteiger partial charge < -0.3 is 0 Å². The van der Waals surface area contributed by atoms with Crippen molar-refractivity contribution in [3.63, 3.8) is 0 Å². The van der Waals surface area contributed by atoms with E-state index < -0.39 is 0 Å². The summed E-state index contributed by atoms with van der Waals surface area (Å²) in [6.45, 7) is 0. The molecule has 0 saturated heterocycles. The molecular weight excluding hydrogens is 365 g/mol. The van der Waals surface area contributed by atoms with Crippen LogP contribution in [0.5, 0.6) is 0 Å². The van der Waals surface area contributed by atoms with Gasteiger partial charge in [-0.3, -0.25) is 14.7 Å². The average Bonchev–Trinajstić information content (AvgIpc) is 3.36. The number of carbonyl (C=O) groups excluding carboxylic acids is 1. The van der Waals surface area contributed by atoms with E-state index in [0.717, 1.165) is 10.4 Å². The number of halogens is 1. The highest BCUT2D eigenvalue weighted by Gasteiger charge is 2.10. The van der Waals surface area contributed by atoms with Gasteiger partial charge in [0.15, 0.2) is 5.13 Å². The number of amides is 1. The molecule has 1 amide bonds. The molecule has 0 aliphatic carbocycles. The zero-order chi connectivity index (χ0) is 18.6. The van der Waals surface area contributed by atoms with Crippen LogP contribution < -0.4 is 5.32 Å². The van der Waals surface area contributed by atoms with E-state index in [0.29, 0.717) is 22.9 Å². The number of aromatic nitrogens is 4. The Balaban J connectivity index is 1.41. The Labute approximate surface area is 158 Å². The Morgan fingerprint density at radius 2 is 1.96 bits per heavy atom. The minimum Gasteiger partial charge on any atom is -0.298 e. The standard InChI is InChI=1S/C19H14FN5OS/c20-15-4-1-13(2-5-15)9-16-11-23-19(27-16)24-18(26)14-3-6-17(22-10-14)25-8-7-21-12-25/h1-8,10-12H,9H2,(H,23,24,26). The Kier molecular flexibility index (Phi) is 4.71. The van der Waals surface area contributed by atoms with Crippen LogP contribution in [0.4, 0.5) is 9.52 Å². The minimum atomic E-state index is -0.276. The lowest BCUT2D eigenvalue weighted by Crippen LogP contribution is -2.12.